The molecule has 0 unspecified atom stereocenters. The van der Waals surface area contributed by atoms with Gasteiger partial charge in [0.2, 0.25) is 6.79 Å². The lowest BCUT2D eigenvalue weighted by atomic mass is 9.97. The molecule has 0 radical (unpaired) electrons. The number of carbonyl (C=O) groups is 1. The van der Waals surface area contributed by atoms with Crippen molar-refractivity contribution in [1.29, 1.82) is 0 Å². The summed E-state index contributed by atoms with van der Waals surface area (Å²) in [7, 11) is 0. The average Bonchev–Trinajstić information content (AvgIpc) is 2.83. The van der Waals surface area contributed by atoms with Crippen LogP contribution in [-0.4, -0.2) is 24.6 Å². The Morgan fingerprint density at radius 3 is 2.83 bits per heavy atom. The average molecular weight is 314 g/mol. The Balaban J connectivity index is 2.01. The quantitative estimate of drug-likeness (QED) is 0.869. The van der Waals surface area contributed by atoms with Crippen LogP contribution in [0.5, 0.6) is 11.5 Å². The Hall–Kier alpha value is -1.23. The van der Waals surface area contributed by atoms with Crippen molar-refractivity contribution in [3.05, 3.63) is 23.8 Å². The fraction of sp³-hybridized carbons (Fsp3) is 0.462. The van der Waals surface area contributed by atoms with E-state index in [4.69, 9.17) is 9.47 Å². The van der Waals surface area contributed by atoms with Crippen LogP contribution in [0.2, 0.25) is 0 Å². The van der Waals surface area contributed by atoms with E-state index in [-0.39, 0.29) is 18.1 Å². The van der Waals surface area contributed by atoms with Gasteiger partial charge in [-0.3, -0.25) is 4.79 Å². The van der Waals surface area contributed by atoms with Crippen LogP contribution in [0.25, 0.3) is 0 Å². The summed E-state index contributed by atoms with van der Waals surface area (Å²) in [6, 6.07) is 5.20. The van der Waals surface area contributed by atoms with E-state index in [0.29, 0.717) is 23.6 Å². The molecule has 1 aromatic rings. The third-order valence-corrected chi connectivity index (χ3v) is 4.24. The molecule has 0 bridgehead atoms. The Morgan fingerprint density at radius 1 is 1.39 bits per heavy atom. The van der Waals surface area contributed by atoms with Crippen molar-refractivity contribution in [3.63, 3.8) is 0 Å². The summed E-state index contributed by atoms with van der Waals surface area (Å²) in [6.07, 6.45) is 0. The van der Waals surface area contributed by atoms with Gasteiger partial charge in [-0.2, -0.15) is 0 Å². The topological polar surface area (TPSA) is 47.6 Å². The molecule has 1 N–H and O–H groups in total. The van der Waals surface area contributed by atoms with Gasteiger partial charge in [0, 0.05) is 17.4 Å². The van der Waals surface area contributed by atoms with E-state index >= 15 is 0 Å². The number of benzene rings is 1. The summed E-state index contributed by atoms with van der Waals surface area (Å²) in [5.74, 6) is 1.22. The molecule has 98 valence electrons. The molecule has 0 atom stereocenters. The van der Waals surface area contributed by atoms with Gasteiger partial charge in [0.25, 0.3) is 5.91 Å². The highest BCUT2D eigenvalue weighted by atomic mass is 79.9. The summed E-state index contributed by atoms with van der Waals surface area (Å²) in [6.45, 7) is 5.01. The smallest absolute Gasteiger partial charge is 0.251 e. The normalized spacial score (nSPS) is 13.5. The largest absolute Gasteiger partial charge is 0.454 e. The first kappa shape index (κ1) is 13.2. The number of rotatable bonds is 4. The van der Waals surface area contributed by atoms with Gasteiger partial charge in [-0.1, -0.05) is 29.8 Å². The molecule has 0 spiro atoms. The van der Waals surface area contributed by atoms with Gasteiger partial charge in [0.05, 0.1) is 0 Å². The first-order chi connectivity index (χ1) is 8.52. The van der Waals surface area contributed by atoms with Gasteiger partial charge in [0.15, 0.2) is 11.5 Å². The minimum absolute atomic E-state index is 0.0337. The van der Waals surface area contributed by atoms with Gasteiger partial charge in [-0.05, 0) is 23.6 Å². The van der Waals surface area contributed by atoms with Gasteiger partial charge in [-0.15, -0.1) is 0 Å². The zero-order valence-corrected chi connectivity index (χ0v) is 12.0. The van der Waals surface area contributed by atoms with E-state index in [1.165, 1.54) is 0 Å². The predicted molar refractivity (Wildman–Crippen MR) is 72.5 cm³/mol. The maximum Gasteiger partial charge on any atom is 0.251 e. The number of amides is 1. The van der Waals surface area contributed by atoms with Crippen molar-refractivity contribution in [2.24, 2.45) is 5.41 Å². The van der Waals surface area contributed by atoms with Crippen LogP contribution in [0, 0.1) is 5.41 Å². The standard InChI is InChI=1S/C13H16BrNO3/c1-13(2,6-14)7-15-12(16)9-3-4-10-11(5-9)18-8-17-10/h3-5H,6-8H2,1-2H3,(H,15,16). The maximum atomic E-state index is 12.0. The summed E-state index contributed by atoms with van der Waals surface area (Å²) in [5, 5.41) is 3.75. The SMILES string of the molecule is CC(C)(CBr)CNC(=O)c1ccc2c(c1)OCO2. The Bertz CT molecular complexity index is 460. The summed E-state index contributed by atoms with van der Waals surface area (Å²) >= 11 is 3.43. The van der Waals surface area contributed by atoms with Gasteiger partial charge >= 0.3 is 0 Å². The third kappa shape index (κ3) is 2.96. The second kappa shape index (κ2) is 5.18. The number of alkyl halides is 1. The Morgan fingerprint density at radius 2 is 2.11 bits per heavy atom. The number of carbonyl (C=O) groups excluding carboxylic acids is 1. The molecule has 5 heteroatoms. The fourth-order valence-electron chi connectivity index (χ4n) is 1.51. The van der Waals surface area contributed by atoms with Gasteiger partial charge < -0.3 is 14.8 Å². The number of hydrogen-bond acceptors (Lipinski definition) is 3. The molecule has 2 rings (SSSR count). The molecule has 0 saturated heterocycles. The zero-order valence-electron chi connectivity index (χ0n) is 10.5. The molecule has 1 aliphatic heterocycles. The number of nitrogens with one attached hydrogen (secondary N) is 1. The van der Waals surface area contributed by atoms with Crippen molar-refractivity contribution in [2.45, 2.75) is 13.8 Å². The minimum atomic E-state index is -0.0951. The fourth-order valence-corrected chi connectivity index (χ4v) is 1.70. The van der Waals surface area contributed by atoms with Crippen LogP contribution in [0.3, 0.4) is 0 Å². The maximum absolute atomic E-state index is 12.0. The first-order valence-corrected chi connectivity index (χ1v) is 6.88. The van der Waals surface area contributed by atoms with E-state index < -0.39 is 0 Å². The second-order valence-electron chi connectivity index (χ2n) is 5.05. The summed E-state index contributed by atoms with van der Waals surface area (Å²) in [4.78, 5) is 12.0. The van der Waals surface area contributed by atoms with Crippen LogP contribution < -0.4 is 14.8 Å². The lowest BCUT2D eigenvalue weighted by molar-refractivity contribution is 0.0939. The van der Waals surface area contributed by atoms with Gasteiger partial charge in [0.1, 0.15) is 0 Å². The Labute approximate surface area is 115 Å². The number of fused-ring (bicyclic) bond motifs is 1. The molecule has 4 nitrogen and oxygen atoms in total. The highest BCUT2D eigenvalue weighted by Gasteiger charge is 2.19. The molecular weight excluding hydrogens is 298 g/mol. The molecule has 1 aliphatic rings. The Kier molecular flexibility index (Phi) is 3.80. The van der Waals surface area contributed by atoms with Crippen molar-refractivity contribution < 1.29 is 14.3 Å². The van der Waals surface area contributed by atoms with Crippen molar-refractivity contribution in [2.75, 3.05) is 18.7 Å². The van der Waals surface area contributed by atoms with E-state index in [0.717, 1.165) is 5.33 Å². The van der Waals surface area contributed by atoms with Gasteiger partial charge in [-0.25, -0.2) is 0 Å². The zero-order chi connectivity index (χ0) is 13.2. The van der Waals surface area contributed by atoms with Crippen LogP contribution >= 0.6 is 15.9 Å². The summed E-state index contributed by atoms with van der Waals surface area (Å²) in [5.41, 5.74) is 0.621. The number of hydrogen-bond donors (Lipinski definition) is 1. The lowest BCUT2D eigenvalue weighted by Crippen LogP contribution is -2.34. The molecule has 1 amide bonds. The van der Waals surface area contributed by atoms with Crippen LogP contribution in [0.15, 0.2) is 18.2 Å². The predicted octanol–water partition coefficient (Wildman–Crippen LogP) is 2.57. The molecular formula is C13H16BrNO3. The van der Waals surface area contributed by atoms with E-state index in [1.54, 1.807) is 18.2 Å². The molecule has 0 fully saturated rings. The first-order valence-electron chi connectivity index (χ1n) is 5.76. The van der Waals surface area contributed by atoms with Crippen LogP contribution in [0.1, 0.15) is 24.2 Å². The molecule has 18 heavy (non-hydrogen) atoms. The summed E-state index contributed by atoms with van der Waals surface area (Å²) < 4.78 is 10.5. The van der Waals surface area contributed by atoms with Crippen LogP contribution in [-0.2, 0) is 0 Å². The molecule has 0 aliphatic carbocycles. The highest BCUT2D eigenvalue weighted by molar-refractivity contribution is 9.09. The molecule has 0 aromatic heterocycles. The molecule has 1 heterocycles. The highest BCUT2D eigenvalue weighted by Crippen LogP contribution is 2.32. The number of halogens is 1. The van der Waals surface area contributed by atoms with Crippen molar-refractivity contribution >= 4 is 21.8 Å². The number of ether oxygens (including phenoxy) is 2. The van der Waals surface area contributed by atoms with Crippen molar-refractivity contribution in [1.82, 2.24) is 5.32 Å². The molecule has 0 saturated carbocycles. The monoisotopic (exact) mass is 313 g/mol. The molecule has 1 aromatic carbocycles. The van der Waals surface area contributed by atoms with Crippen LogP contribution in [0.4, 0.5) is 0 Å². The van der Waals surface area contributed by atoms with E-state index in [1.807, 2.05) is 0 Å². The lowest BCUT2D eigenvalue weighted by Gasteiger charge is -2.21. The van der Waals surface area contributed by atoms with Crippen molar-refractivity contribution in [3.8, 4) is 11.5 Å². The van der Waals surface area contributed by atoms with E-state index in [9.17, 15) is 4.79 Å². The second-order valence-corrected chi connectivity index (χ2v) is 5.61. The minimum Gasteiger partial charge on any atom is -0.454 e. The third-order valence-electron chi connectivity index (χ3n) is 2.72. The van der Waals surface area contributed by atoms with E-state index in [2.05, 4.69) is 35.1 Å².